The van der Waals surface area contributed by atoms with Crippen LogP contribution in [0.2, 0.25) is 5.02 Å². The zero-order valence-corrected chi connectivity index (χ0v) is 23.2. The number of hydrazone groups is 1. The van der Waals surface area contributed by atoms with Gasteiger partial charge < -0.3 is 15.0 Å². The minimum Gasteiger partial charge on any atom is -0.496 e. The van der Waals surface area contributed by atoms with Gasteiger partial charge in [0.25, 0.3) is 5.56 Å². The van der Waals surface area contributed by atoms with Crippen LogP contribution in [0.1, 0.15) is 23.6 Å². The Morgan fingerprint density at radius 3 is 2.42 bits per heavy atom. The van der Waals surface area contributed by atoms with Gasteiger partial charge in [-0.3, -0.25) is 4.79 Å². The number of thiocarbonyl (C=S) groups is 1. The first kappa shape index (κ1) is 25.8. The number of para-hydroxylation sites is 2. The van der Waals surface area contributed by atoms with E-state index < -0.39 is 0 Å². The van der Waals surface area contributed by atoms with Crippen LogP contribution < -0.4 is 15.6 Å². The van der Waals surface area contributed by atoms with E-state index in [4.69, 9.17) is 33.7 Å². The van der Waals surface area contributed by atoms with Gasteiger partial charge in [0, 0.05) is 33.6 Å². The van der Waals surface area contributed by atoms with Gasteiger partial charge in [-0.1, -0.05) is 84.4 Å². The molecular formula is C32H25ClN4O2S. The second-order valence-electron chi connectivity index (χ2n) is 9.41. The minimum absolute atomic E-state index is 0.241. The number of rotatable bonds is 5. The number of methoxy groups -OCH3 is 1. The van der Waals surface area contributed by atoms with Crippen molar-refractivity contribution in [2.24, 2.45) is 5.10 Å². The molecule has 0 saturated heterocycles. The van der Waals surface area contributed by atoms with E-state index in [1.807, 2.05) is 97.1 Å². The number of H-pyrrole nitrogens is 1. The number of halogens is 1. The van der Waals surface area contributed by atoms with Gasteiger partial charge in [0.05, 0.1) is 29.9 Å². The molecule has 6 rings (SSSR count). The molecule has 0 spiro atoms. The fourth-order valence-corrected chi connectivity index (χ4v) is 5.64. The summed E-state index contributed by atoms with van der Waals surface area (Å²) in [4.78, 5) is 16.8. The summed E-state index contributed by atoms with van der Waals surface area (Å²) in [6.45, 7) is 0. The zero-order valence-electron chi connectivity index (χ0n) is 21.6. The van der Waals surface area contributed by atoms with Crippen LogP contribution in [0.4, 0.5) is 5.69 Å². The van der Waals surface area contributed by atoms with Crippen molar-refractivity contribution in [2.75, 3.05) is 12.4 Å². The first-order chi connectivity index (χ1) is 19.5. The number of nitrogens with zero attached hydrogens (tertiary/aromatic N) is 2. The molecule has 2 N–H and O–H groups in total. The number of hydrogen-bond donors (Lipinski definition) is 2. The smallest absolute Gasteiger partial charge is 0.258 e. The normalized spacial score (nSPS) is 14.7. The van der Waals surface area contributed by atoms with E-state index in [1.165, 1.54) is 0 Å². The van der Waals surface area contributed by atoms with Crippen LogP contribution in [-0.2, 0) is 0 Å². The quantitative estimate of drug-likeness (QED) is 0.218. The molecule has 8 heteroatoms. The van der Waals surface area contributed by atoms with Gasteiger partial charge in [-0.25, -0.2) is 5.01 Å². The molecule has 1 aromatic heterocycles. The van der Waals surface area contributed by atoms with Crippen molar-refractivity contribution >= 4 is 51.2 Å². The summed E-state index contributed by atoms with van der Waals surface area (Å²) < 4.78 is 5.71. The van der Waals surface area contributed by atoms with Crippen molar-refractivity contribution in [1.82, 2.24) is 9.99 Å². The average Bonchev–Trinajstić information content (AvgIpc) is 3.42. The molecule has 1 aliphatic heterocycles. The molecule has 1 aliphatic rings. The maximum Gasteiger partial charge on any atom is 0.258 e. The molecule has 0 fully saturated rings. The van der Waals surface area contributed by atoms with Crippen molar-refractivity contribution in [3.8, 4) is 16.9 Å². The summed E-state index contributed by atoms with van der Waals surface area (Å²) in [6, 6.07) is 32.6. The van der Waals surface area contributed by atoms with Crippen LogP contribution in [0.25, 0.3) is 22.0 Å². The molecule has 0 radical (unpaired) electrons. The summed E-state index contributed by atoms with van der Waals surface area (Å²) in [5, 5.41) is 11.9. The van der Waals surface area contributed by atoms with Gasteiger partial charge in [0.1, 0.15) is 5.75 Å². The number of benzene rings is 4. The SMILES string of the molecule is COc1ccccc1C1CC(c2c(-c3ccccc3)c3ccc(Cl)cc3[nH]c2=O)=NN1C(=S)Nc1ccccc1. The van der Waals surface area contributed by atoms with E-state index in [1.54, 1.807) is 18.2 Å². The molecule has 5 aromatic rings. The van der Waals surface area contributed by atoms with E-state index in [-0.39, 0.29) is 11.6 Å². The molecule has 4 aromatic carbocycles. The summed E-state index contributed by atoms with van der Waals surface area (Å²) in [6.07, 6.45) is 0.443. The lowest BCUT2D eigenvalue weighted by Gasteiger charge is -2.26. The predicted molar refractivity (Wildman–Crippen MR) is 166 cm³/mol. The van der Waals surface area contributed by atoms with Gasteiger partial charge in [-0.15, -0.1) is 0 Å². The number of aromatic amines is 1. The molecule has 40 heavy (non-hydrogen) atoms. The molecule has 0 saturated carbocycles. The second kappa shape index (κ2) is 11.0. The van der Waals surface area contributed by atoms with Gasteiger partial charge in [0.2, 0.25) is 0 Å². The summed E-state index contributed by atoms with van der Waals surface area (Å²) in [7, 11) is 1.65. The average molecular weight is 565 g/mol. The van der Waals surface area contributed by atoms with Gasteiger partial charge in [-0.05, 0) is 48.1 Å². The Balaban J connectivity index is 1.53. The Kier molecular flexibility index (Phi) is 7.07. The number of pyridine rings is 1. The molecule has 0 amide bonds. The number of hydrogen-bond acceptors (Lipinski definition) is 4. The molecule has 0 bridgehead atoms. The maximum absolute atomic E-state index is 13.8. The number of anilines is 1. The highest BCUT2D eigenvalue weighted by molar-refractivity contribution is 7.80. The van der Waals surface area contributed by atoms with E-state index >= 15 is 0 Å². The zero-order chi connectivity index (χ0) is 27.6. The molecule has 198 valence electrons. The van der Waals surface area contributed by atoms with Crippen LogP contribution in [0.5, 0.6) is 5.75 Å². The fraction of sp³-hybridized carbons (Fsp3) is 0.0938. The molecule has 1 atom stereocenters. The first-order valence-corrected chi connectivity index (χ1v) is 13.6. The van der Waals surface area contributed by atoms with E-state index in [9.17, 15) is 4.79 Å². The van der Waals surface area contributed by atoms with E-state index in [0.29, 0.717) is 33.3 Å². The third-order valence-electron chi connectivity index (χ3n) is 6.97. The molecular weight excluding hydrogens is 540 g/mol. The van der Waals surface area contributed by atoms with Gasteiger partial charge in [-0.2, -0.15) is 5.10 Å². The van der Waals surface area contributed by atoms with Crippen molar-refractivity contribution in [1.29, 1.82) is 0 Å². The molecule has 2 heterocycles. The van der Waals surface area contributed by atoms with Crippen molar-refractivity contribution in [3.63, 3.8) is 0 Å². The number of fused-ring (bicyclic) bond motifs is 1. The Morgan fingerprint density at radius 1 is 0.975 bits per heavy atom. The Labute approximate surface area is 241 Å². The first-order valence-electron chi connectivity index (χ1n) is 12.8. The standard InChI is InChI=1S/C32H25ClN4O2S/c1-39-28-15-9-8-14-24(28)27-19-26(36-37(27)32(40)34-22-12-6-3-7-13-22)30-29(20-10-4-2-5-11-20)23-17-16-21(33)18-25(23)35-31(30)38/h2-18,27H,19H2,1H3,(H,34,40)(H,35,38). The number of aromatic nitrogens is 1. The number of nitrogens with one attached hydrogen (secondary N) is 2. The third kappa shape index (κ3) is 4.85. The minimum atomic E-state index is -0.293. The van der Waals surface area contributed by atoms with Crippen LogP contribution >= 0.6 is 23.8 Å². The van der Waals surface area contributed by atoms with Crippen molar-refractivity contribution in [2.45, 2.75) is 12.5 Å². The Hall–Kier alpha value is -4.46. The van der Waals surface area contributed by atoms with E-state index in [2.05, 4.69) is 10.3 Å². The number of ether oxygens (including phenoxy) is 1. The summed E-state index contributed by atoms with van der Waals surface area (Å²) in [5.41, 5.74) is 5.05. The molecule has 6 nitrogen and oxygen atoms in total. The Bertz CT molecular complexity index is 1810. The van der Waals surface area contributed by atoms with Crippen LogP contribution in [-0.4, -0.2) is 27.9 Å². The van der Waals surface area contributed by atoms with Gasteiger partial charge in [0.15, 0.2) is 5.11 Å². The third-order valence-corrected chi connectivity index (χ3v) is 7.49. The summed E-state index contributed by atoms with van der Waals surface area (Å²) >= 11 is 12.2. The Morgan fingerprint density at radius 2 is 1.68 bits per heavy atom. The van der Waals surface area contributed by atoms with Crippen LogP contribution in [0.15, 0.2) is 113 Å². The highest BCUT2D eigenvalue weighted by Crippen LogP contribution is 2.40. The second-order valence-corrected chi connectivity index (χ2v) is 10.2. The lowest BCUT2D eigenvalue weighted by molar-refractivity contribution is 0.350. The lowest BCUT2D eigenvalue weighted by Crippen LogP contribution is -2.31. The largest absolute Gasteiger partial charge is 0.496 e. The fourth-order valence-electron chi connectivity index (χ4n) is 5.19. The van der Waals surface area contributed by atoms with E-state index in [0.717, 1.165) is 33.5 Å². The highest BCUT2D eigenvalue weighted by Gasteiger charge is 2.35. The molecule has 0 aliphatic carbocycles. The monoisotopic (exact) mass is 564 g/mol. The molecule has 1 unspecified atom stereocenters. The maximum atomic E-state index is 13.8. The lowest BCUT2D eigenvalue weighted by atomic mass is 9.91. The van der Waals surface area contributed by atoms with Gasteiger partial charge >= 0.3 is 0 Å². The highest BCUT2D eigenvalue weighted by atomic mass is 35.5. The summed E-state index contributed by atoms with van der Waals surface area (Å²) in [5.74, 6) is 0.724. The van der Waals surface area contributed by atoms with Crippen molar-refractivity contribution < 1.29 is 4.74 Å². The topological polar surface area (TPSA) is 69.7 Å². The van der Waals surface area contributed by atoms with Crippen LogP contribution in [0.3, 0.4) is 0 Å². The van der Waals surface area contributed by atoms with Crippen molar-refractivity contribution in [3.05, 3.63) is 130 Å². The predicted octanol–water partition coefficient (Wildman–Crippen LogP) is 7.41. The van der Waals surface area contributed by atoms with Crippen LogP contribution in [0, 0.1) is 0 Å².